The van der Waals surface area contributed by atoms with Crippen LogP contribution in [0.2, 0.25) is 0 Å². The summed E-state index contributed by atoms with van der Waals surface area (Å²) in [6.07, 6.45) is 10.0. The van der Waals surface area contributed by atoms with Crippen LogP contribution in [0.4, 0.5) is 0 Å². The second-order valence-corrected chi connectivity index (χ2v) is 11.4. The standard InChI is InChI=1S/C21H29N5O3S/c22-18-4-2-6-26(18)19(27)13-24-20-8-15-7-16(9-20)11-21(10-15,14-20)25-30(28,29)17-3-1-5-23-12-17/h1,3,5,12,15-16,22,24-25H,2,4,6-11,13-14H2. The summed E-state index contributed by atoms with van der Waals surface area (Å²) < 4.78 is 29.1. The van der Waals surface area contributed by atoms with E-state index in [1.54, 1.807) is 23.2 Å². The van der Waals surface area contributed by atoms with Gasteiger partial charge in [0.05, 0.1) is 6.54 Å². The molecule has 0 aromatic carbocycles. The van der Waals surface area contributed by atoms with Gasteiger partial charge in [-0.25, -0.2) is 13.1 Å². The topological polar surface area (TPSA) is 115 Å². The van der Waals surface area contributed by atoms with Crippen LogP contribution in [0.5, 0.6) is 0 Å². The van der Waals surface area contributed by atoms with E-state index in [1.807, 2.05) is 0 Å². The van der Waals surface area contributed by atoms with E-state index in [1.165, 1.54) is 6.20 Å². The van der Waals surface area contributed by atoms with Crippen LogP contribution in [-0.4, -0.2) is 54.2 Å². The van der Waals surface area contributed by atoms with Gasteiger partial charge in [0, 0.05) is 36.4 Å². The molecule has 4 saturated carbocycles. The second kappa shape index (κ2) is 7.10. The molecule has 3 N–H and O–H groups in total. The molecule has 1 saturated heterocycles. The van der Waals surface area contributed by atoms with E-state index in [-0.39, 0.29) is 22.9 Å². The van der Waals surface area contributed by atoms with Crippen molar-refractivity contribution in [3.8, 4) is 0 Å². The van der Waals surface area contributed by atoms with Crippen LogP contribution in [-0.2, 0) is 14.8 Å². The summed E-state index contributed by atoms with van der Waals surface area (Å²) in [7, 11) is -3.64. The average Bonchev–Trinajstić information content (AvgIpc) is 3.11. The number of rotatable bonds is 6. The van der Waals surface area contributed by atoms with Crippen LogP contribution in [0.1, 0.15) is 51.4 Å². The van der Waals surface area contributed by atoms with E-state index in [2.05, 4.69) is 15.0 Å². The molecular formula is C21H29N5O3S. The first-order valence-corrected chi connectivity index (χ1v) is 12.3. The van der Waals surface area contributed by atoms with Gasteiger partial charge in [-0.2, -0.15) is 0 Å². The lowest BCUT2D eigenvalue weighted by Crippen LogP contribution is -2.69. The van der Waals surface area contributed by atoms with Gasteiger partial charge in [0.1, 0.15) is 10.7 Å². The molecule has 1 aromatic heterocycles. The third-order valence-corrected chi connectivity index (χ3v) is 8.96. The van der Waals surface area contributed by atoms with Gasteiger partial charge in [0.25, 0.3) is 0 Å². The van der Waals surface area contributed by atoms with Crippen molar-refractivity contribution in [2.75, 3.05) is 13.1 Å². The van der Waals surface area contributed by atoms with Gasteiger partial charge in [0.2, 0.25) is 15.9 Å². The molecule has 2 heterocycles. The highest BCUT2D eigenvalue weighted by molar-refractivity contribution is 7.89. The van der Waals surface area contributed by atoms with E-state index < -0.39 is 15.6 Å². The summed E-state index contributed by atoms with van der Waals surface area (Å²) >= 11 is 0. The van der Waals surface area contributed by atoms with Crippen molar-refractivity contribution in [2.45, 2.75) is 67.3 Å². The molecule has 4 aliphatic carbocycles. The summed E-state index contributed by atoms with van der Waals surface area (Å²) in [6.45, 7) is 0.847. The molecular weight excluding hydrogens is 402 g/mol. The largest absolute Gasteiger partial charge is 0.303 e. The monoisotopic (exact) mass is 431 g/mol. The molecule has 30 heavy (non-hydrogen) atoms. The maximum atomic E-state index is 13.0. The molecule has 1 aromatic rings. The van der Waals surface area contributed by atoms with Gasteiger partial charge in [-0.1, -0.05) is 0 Å². The van der Waals surface area contributed by atoms with Gasteiger partial charge in [0.15, 0.2) is 0 Å². The Morgan fingerprint density at radius 3 is 2.60 bits per heavy atom. The number of amidine groups is 1. The van der Waals surface area contributed by atoms with Crippen molar-refractivity contribution in [3.05, 3.63) is 24.5 Å². The van der Waals surface area contributed by atoms with Crippen molar-refractivity contribution in [1.82, 2.24) is 19.9 Å². The molecule has 9 heteroatoms. The summed E-state index contributed by atoms with van der Waals surface area (Å²) in [5.74, 6) is 1.30. The average molecular weight is 432 g/mol. The fourth-order valence-electron chi connectivity index (χ4n) is 6.75. The predicted molar refractivity (Wildman–Crippen MR) is 111 cm³/mol. The number of nitrogens with one attached hydrogen (secondary N) is 3. The SMILES string of the molecule is N=C1CCCN1C(=O)CNC12CC3CC(C1)CC(NS(=O)(=O)c1cccnc1)(C3)C2. The minimum Gasteiger partial charge on any atom is -0.303 e. The smallest absolute Gasteiger partial charge is 0.242 e. The van der Waals surface area contributed by atoms with Crippen LogP contribution >= 0.6 is 0 Å². The normalized spacial score (nSPS) is 35.2. The highest BCUT2D eigenvalue weighted by atomic mass is 32.2. The van der Waals surface area contributed by atoms with Crippen LogP contribution in [0.25, 0.3) is 0 Å². The van der Waals surface area contributed by atoms with Gasteiger partial charge in [-0.3, -0.25) is 20.1 Å². The summed E-state index contributed by atoms with van der Waals surface area (Å²) in [6, 6.07) is 3.21. The van der Waals surface area contributed by atoms with E-state index >= 15 is 0 Å². The number of nitrogens with zero attached hydrogens (tertiary/aromatic N) is 2. The Hall–Kier alpha value is -1.84. The Kier molecular flexibility index (Phi) is 4.75. The molecule has 5 aliphatic rings. The lowest BCUT2D eigenvalue weighted by molar-refractivity contribution is -0.127. The predicted octanol–water partition coefficient (Wildman–Crippen LogP) is 1.64. The van der Waals surface area contributed by atoms with E-state index in [0.29, 0.717) is 37.1 Å². The Morgan fingerprint density at radius 2 is 1.97 bits per heavy atom. The first kappa shape index (κ1) is 20.1. The summed E-state index contributed by atoms with van der Waals surface area (Å²) in [5.41, 5.74) is -0.672. The second-order valence-electron chi connectivity index (χ2n) is 9.77. The quantitative estimate of drug-likeness (QED) is 0.633. The Bertz CT molecular complexity index is 950. The highest BCUT2D eigenvalue weighted by Gasteiger charge is 2.58. The summed E-state index contributed by atoms with van der Waals surface area (Å²) in [5, 5.41) is 11.5. The molecule has 4 bridgehead atoms. The van der Waals surface area contributed by atoms with Crippen molar-refractivity contribution in [2.24, 2.45) is 11.8 Å². The zero-order valence-electron chi connectivity index (χ0n) is 17.1. The maximum Gasteiger partial charge on any atom is 0.242 e. The lowest BCUT2D eigenvalue weighted by Gasteiger charge is -2.62. The number of aromatic nitrogens is 1. The van der Waals surface area contributed by atoms with E-state index in [0.717, 1.165) is 38.5 Å². The molecule has 0 radical (unpaired) electrons. The molecule has 2 atom stereocenters. The highest BCUT2D eigenvalue weighted by Crippen LogP contribution is 2.57. The molecule has 8 nitrogen and oxygen atoms in total. The minimum atomic E-state index is -3.64. The number of pyridine rings is 1. The number of hydrogen-bond donors (Lipinski definition) is 3. The Labute approximate surface area is 177 Å². The first-order chi connectivity index (χ1) is 14.3. The van der Waals surface area contributed by atoms with Crippen LogP contribution in [0.3, 0.4) is 0 Å². The van der Waals surface area contributed by atoms with Crippen molar-refractivity contribution in [3.63, 3.8) is 0 Å². The molecule has 1 amide bonds. The van der Waals surface area contributed by atoms with Gasteiger partial charge >= 0.3 is 0 Å². The van der Waals surface area contributed by atoms with Crippen LogP contribution in [0.15, 0.2) is 29.4 Å². The molecule has 0 spiro atoms. The third kappa shape index (κ3) is 3.56. The van der Waals surface area contributed by atoms with E-state index in [9.17, 15) is 13.2 Å². The van der Waals surface area contributed by atoms with Crippen molar-refractivity contribution in [1.29, 1.82) is 5.41 Å². The first-order valence-electron chi connectivity index (χ1n) is 10.9. The molecule has 1 aliphatic heterocycles. The number of carbonyl (C=O) groups excluding carboxylic acids is 1. The molecule has 5 fully saturated rings. The number of amides is 1. The number of carbonyl (C=O) groups is 1. The van der Waals surface area contributed by atoms with Crippen LogP contribution < -0.4 is 10.0 Å². The Balaban J connectivity index is 1.33. The zero-order valence-corrected chi connectivity index (χ0v) is 17.9. The van der Waals surface area contributed by atoms with Crippen molar-refractivity contribution >= 4 is 21.8 Å². The summed E-state index contributed by atoms with van der Waals surface area (Å²) in [4.78, 5) is 18.4. The van der Waals surface area contributed by atoms with Gasteiger partial charge in [-0.15, -0.1) is 0 Å². The lowest BCUT2D eigenvalue weighted by atomic mass is 9.50. The van der Waals surface area contributed by atoms with Gasteiger partial charge < -0.3 is 5.32 Å². The maximum absolute atomic E-state index is 13.0. The molecule has 162 valence electrons. The van der Waals surface area contributed by atoms with Crippen molar-refractivity contribution < 1.29 is 13.2 Å². The number of sulfonamides is 1. The van der Waals surface area contributed by atoms with Crippen LogP contribution in [0, 0.1) is 17.2 Å². The fourth-order valence-corrected chi connectivity index (χ4v) is 8.13. The van der Waals surface area contributed by atoms with E-state index in [4.69, 9.17) is 5.41 Å². The number of likely N-dealkylation sites (tertiary alicyclic amines) is 1. The number of hydrogen-bond acceptors (Lipinski definition) is 6. The minimum absolute atomic E-state index is 0.0433. The third-order valence-electron chi connectivity index (χ3n) is 7.39. The van der Waals surface area contributed by atoms with Gasteiger partial charge in [-0.05, 0) is 68.9 Å². The molecule has 6 rings (SSSR count). The molecule has 2 unspecified atom stereocenters. The Morgan fingerprint density at radius 1 is 1.23 bits per heavy atom. The zero-order chi connectivity index (χ0) is 21.0. The fraction of sp³-hybridized carbons (Fsp3) is 0.667.